The number of sulfonamides is 1. The Morgan fingerprint density at radius 2 is 1.65 bits per heavy atom. The van der Waals surface area contributed by atoms with Gasteiger partial charge in [0.2, 0.25) is 0 Å². The maximum Gasteiger partial charge on any atom is 0.296 e. The molecule has 0 unspecified atom stereocenters. The molecule has 37 heavy (non-hydrogen) atoms. The average molecular weight is 521 g/mol. The van der Waals surface area contributed by atoms with Gasteiger partial charge in [0.05, 0.1) is 16.3 Å². The van der Waals surface area contributed by atoms with Crippen molar-refractivity contribution in [3.05, 3.63) is 94.4 Å². The highest BCUT2D eigenvalue weighted by Crippen LogP contribution is 2.32. The van der Waals surface area contributed by atoms with E-state index >= 15 is 0 Å². The lowest BCUT2D eigenvalue weighted by molar-refractivity contribution is 0.102. The first-order valence-electron chi connectivity index (χ1n) is 11.4. The minimum Gasteiger partial charge on any atom is -0.486 e. The molecule has 0 saturated heterocycles. The SMILES string of the molecule is Cc1c(NS(=O)(=O)c2cccc(C(=O)Nc3ccc4c(c3)OCCO4)c2)c(=O)n(-c2ccccc2)n1C. The number of hydrogen-bond donors (Lipinski definition) is 2. The molecule has 4 aromatic rings. The van der Waals surface area contributed by atoms with Gasteiger partial charge in [0.1, 0.15) is 18.9 Å². The van der Waals surface area contributed by atoms with Crippen LogP contribution >= 0.6 is 0 Å². The van der Waals surface area contributed by atoms with Crippen LogP contribution in [0.3, 0.4) is 0 Å². The third-order valence-electron chi connectivity index (χ3n) is 6.00. The molecular weight excluding hydrogens is 496 g/mol. The number of aromatic nitrogens is 2. The summed E-state index contributed by atoms with van der Waals surface area (Å²) < 4.78 is 42.8. The van der Waals surface area contributed by atoms with Gasteiger partial charge in [-0.25, -0.2) is 13.1 Å². The molecule has 2 heterocycles. The standard InChI is InChI=1S/C26H24N4O6S/c1-17-24(26(32)30(29(17)2)20-8-4-3-5-9-20)28-37(33,34)21-10-6-7-18(15-21)25(31)27-19-11-12-22-23(16-19)36-14-13-35-22/h3-12,15-16,28H,13-14H2,1-2H3,(H,27,31). The van der Waals surface area contributed by atoms with Crippen molar-refractivity contribution in [1.29, 1.82) is 0 Å². The van der Waals surface area contributed by atoms with Crippen LogP contribution in [-0.2, 0) is 17.1 Å². The molecule has 1 amide bonds. The van der Waals surface area contributed by atoms with Gasteiger partial charge in [0.25, 0.3) is 21.5 Å². The number of para-hydroxylation sites is 1. The lowest BCUT2D eigenvalue weighted by atomic mass is 10.2. The number of rotatable bonds is 6. The van der Waals surface area contributed by atoms with Crippen LogP contribution in [0.4, 0.5) is 11.4 Å². The second kappa shape index (κ2) is 9.51. The Morgan fingerprint density at radius 3 is 2.41 bits per heavy atom. The smallest absolute Gasteiger partial charge is 0.296 e. The quantitative estimate of drug-likeness (QED) is 0.403. The first kappa shape index (κ1) is 24.2. The minimum atomic E-state index is -4.18. The van der Waals surface area contributed by atoms with E-state index in [2.05, 4.69) is 10.0 Å². The van der Waals surface area contributed by atoms with Gasteiger partial charge in [0.15, 0.2) is 11.5 Å². The van der Waals surface area contributed by atoms with Crippen molar-refractivity contribution in [2.45, 2.75) is 11.8 Å². The Morgan fingerprint density at radius 1 is 0.919 bits per heavy atom. The molecule has 1 aliphatic heterocycles. The summed E-state index contributed by atoms with van der Waals surface area (Å²) in [6.07, 6.45) is 0. The second-order valence-corrected chi connectivity index (χ2v) is 10.1. The van der Waals surface area contributed by atoms with Gasteiger partial charge in [-0.15, -0.1) is 0 Å². The van der Waals surface area contributed by atoms with Crippen molar-refractivity contribution >= 4 is 27.3 Å². The summed E-state index contributed by atoms with van der Waals surface area (Å²) in [6.45, 7) is 2.52. The zero-order valence-corrected chi connectivity index (χ0v) is 20.9. The Balaban J connectivity index is 1.40. The summed E-state index contributed by atoms with van der Waals surface area (Å²) in [5.74, 6) is 0.603. The molecule has 0 bridgehead atoms. The maximum atomic E-state index is 13.2. The highest BCUT2D eigenvalue weighted by Gasteiger charge is 2.23. The van der Waals surface area contributed by atoms with Crippen molar-refractivity contribution in [2.24, 2.45) is 7.05 Å². The molecule has 0 aliphatic carbocycles. The van der Waals surface area contributed by atoms with E-state index in [1.54, 1.807) is 61.1 Å². The van der Waals surface area contributed by atoms with Crippen LogP contribution in [0.5, 0.6) is 11.5 Å². The van der Waals surface area contributed by atoms with Gasteiger partial charge in [-0.3, -0.25) is 19.0 Å². The summed E-state index contributed by atoms with van der Waals surface area (Å²) in [6, 6.07) is 19.5. The number of nitrogens with one attached hydrogen (secondary N) is 2. The van der Waals surface area contributed by atoms with Crippen molar-refractivity contribution in [2.75, 3.05) is 23.3 Å². The minimum absolute atomic E-state index is 0.0718. The van der Waals surface area contributed by atoms with E-state index in [0.717, 1.165) is 0 Å². The molecule has 3 aromatic carbocycles. The van der Waals surface area contributed by atoms with Gasteiger partial charge < -0.3 is 14.8 Å². The highest BCUT2D eigenvalue weighted by molar-refractivity contribution is 7.92. The normalized spacial score (nSPS) is 12.7. The first-order chi connectivity index (χ1) is 17.7. The van der Waals surface area contributed by atoms with E-state index in [1.165, 1.54) is 28.9 Å². The summed E-state index contributed by atoms with van der Waals surface area (Å²) in [7, 11) is -2.51. The third kappa shape index (κ3) is 4.68. The fraction of sp³-hybridized carbons (Fsp3) is 0.154. The van der Waals surface area contributed by atoms with Crippen molar-refractivity contribution < 1.29 is 22.7 Å². The third-order valence-corrected chi connectivity index (χ3v) is 7.34. The molecule has 0 spiro atoms. The number of carbonyl (C=O) groups is 1. The average Bonchev–Trinajstić information content (AvgIpc) is 3.11. The van der Waals surface area contributed by atoms with Gasteiger partial charge in [-0.2, -0.15) is 0 Å². The molecule has 190 valence electrons. The number of nitrogens with zero attached hydrogens (tertiary/aromatic N) is 2. The number of benzene rings is 3. The van der Waals surface area contributed by atoms with Crippen molar-refractivity contribution in [3.8, 4) is 17.2 Å². The predicted molar refractivity (Wildman–Crippen MR) is 138 cm³/mol. The predicted octanol–water partition coefficient (Wildman–Crippen LogP) is 3.31. The van der Waals surface area contributed by atoms with E-state index in [9.17, 15) is 18.0 Å². The zero-order chi connectivity index (χ0) is 26.2. The molecule has 5 rings (SSSR count). The van der Waals surface area contributed by atoms with E-state index in [1.807, 2.05) is 6.07 Å². The maximum absolute atomic E-state index is 13.2. The molecule has 0 fully saturated rings. The number of anilines is 2. The van der Waals surface area contributed by atoms with Crippen LogP contribution in [0.25, 0.3) is 5.69 Å². The van der Waals surface area contributed by atoms with Gasteiger partial charge >= 0.3 is 0 Å². The Hall–Kier alpha value is -4.51. The number of amides is 1. The number of carbonyl (C=O) groups excluding carboxylic acids is 1. The Bertz CT molecular complexity index is 1660. The van der Waals surface area contributed by atoms with Crippen LogP contribution < -0.4 is 25.1 Å². The lowest BCUT2D eigenvalue weighted by Crippen LogP contribution is -2.23. The van der Waals surface area contributed by atoms with Crippen molar-refractivity contribution in [3.63, 3.8) is 0 Å². The summed E-state index contributed by atoms with van der Waals surface area (Å²) in [4.78, 5) is 25.9. The molecular formula is C26H24N4O6S. The molecule has 2 N–H and O–H groups in total. The largest absolute Gasteiger partial charge is 0.486 e. The molecule has 0 radical (unpaired) electrons. The number of fused-ring (bicyclic) bond motifs is 1. The lowest BCUT2D eigenvalue weighted by Gasteiger charge is -2.19. The van der Waals surface area contributed by atoms with E-state index in [4.69, 9.17) is 9.47 Å². The summed E-state index contributed by atoms with van der Waals surface area (Å²) in [5.41, 5.74) is 1.05. The monoisotopic (exact) mass is 520 g/mol. The topological polar surface area (TPSA) is 121 Å². The van der Waals surface area contributed by atoms with E-state index < -0.39 is 21.5 Å². The van der Waals surface area contributed by atoms with Crippen LogP contribution in [0, 0.1) is 6.92 Å². The number of hydrogen-bond acceptors (Lipinski definition) is 6. The Kier molecular flexibility index (Phi) is 6.22. The fourth-order valence-corrected chi connectivity index (χ4v) is 5.17. The van der Waals surface area contributed by atoms with Crippen LogP contribution in [0.2, 0.25) is 0 Å². The first-order valence-corrected chi connectivity index (χ1v) is 12.9. The number of ether oxygens (including phenoxy) is 2. The molecule has 11 heteroatoms. The van der Waals surface area contributed by atoms with Gasteiger partial charge in [-0.1, -0.05) is 24.3 Å². The van der Waals surface area contributed by atoms with Crippen LogP contribution in [0.1, 0.15) is 16.1 Å². The molecule has 1 aromatic heterocycles. The van der Waals surface area contributed by atoms with E-state index in [-0.39, 0.29) is 16.1 Å². The fourth-order valence-electron chi connectivity index (χ4n) is 4.01. The molecule has 1 aliphatic rings. The van der Waals surface area contributed by atoms with Gasteiger partial charge in [-0.05, 0) is 49.4 Å². The molecule has 0 saturated carbocycles. The summed E-state index contributed by atoms with van der Waals surface area (Å²) >= 11 is 0. The highest BCUT2D eigenvalue weighted by atomic mass is 32.2. The zero-order valence-electron chi connectivity index (χ0n) is 20.1. The summed E-state index contributed by atoms with van der Waals surface area (Å²) in [5, 5.41) is 2.74. The Labute approximate surface area is 213 Å². The molecule has 10 nitrogen and oxygen atoms in total. The van der Waals surface area contributed by atoms with Crippen LogP contribution in [0.15, 0.2) is 82.5 Å². The second-order valence-electron chi connectivity index (χ2n) is 8.38. The molecule has 0 atom stereocenters. The van der Waals surface area contributed by atoms with Crippen molar-refractivity contribution in [1.82, 2.24) is 9.36 Å². The van der Waals surface area contributed by atoms with Gasteiger partial charge in [0, 0.05) is 24.4 Å². The van der Waals surface area contributed by atoms with Crippen LogP contribution in [-0.4, -0.2) is 36.9 Å². The van der Waals surface area contributed by atoms with E-state index in [0.29, 0.717) is 41.8 Å².